The van der Waals surface area contributed by atoms with Gasteiger partial charge in [-0.15, -0.1) is 11.3 Å². The van der Waals surface area contributed by atoms with Gasteiger partial charge in [-0.05, 0) is 23.9 Å². The van der Waals surface area contributed by atoms with E-state index in [0.29, 0.717) is 12.1 Å². The number of nitrogens with one attached hydrogen (secondary N) is 1. The van der Waals surface area contributed by atoms with Gasteiger partial charge in [0.15, 0.2) is 0 Å². The number of benzene rings is 1. The number of hydrogen-bond acceptors (Lipinski definition) is 3. The molecule has 0 fully saturated rings. The first-order valence-electron chi connectivity index (χ1n) is 6.99. The Balaban J connectivity index is 1.98. The lowest BCUT2D eigenvalue weighted by atomic mass is 10.0. The standard InChI is InChI=1S/C17H16N2OS/c1-2-7-19-17(20)13-8-12(9-18-10-13)15-11-21-16-6-4-3-5-14(15)16/h3-6,8-11H,2,7H2,1H3,(H,19,20). The first kappa shape index (κ1) is 13.8. The molecule has 21 heavy (non-hydrogen) atoms. The fourth-order valence-corrected chi connectivity index (χ4v) is 3.22. The maximum atomic E-state index is 12.0. The minimum absolute atomic E-state index is 0.0641. The normalized spacial score (nSPS) is 10.7. The second-order valence-corrected chi connectivity index (χ2v) is 5.77. The molecule has 0 bridgehead atoms. The molecule has 0 saturated carbocycles. The number of rotatable bonds is 4. The van der Waals surface area contributed by atoms with Gasteiger partial charge in [0.05, 0.1) is 5.56 Å². The largest absolute Gasteiger partial charge is 0.352 e. The van der Waals surface area contributed by atoms with Crippen LogP contribution in [0.2, 0.25) is 0 Å². The summed E-state index contributed by atoms with van der Waals surface area (Å²) in [5, 5.41) is 6.21. The van der Waals surface area contributed by atoms with Crippen LogP contribution in [-0.2, 0) is 0 Å². The van der Waals surface area contributed by atoms with Gasteiger partial charge in [-0.2, -0.15) is 0 Å². The molecule has 3 nitrogen and oxygen atoms in total. The molecule has 106 valence electrons. The van der Waals surface area contributed by atoms with Gasteiger partial charge < -0.3 is 5.32 Å². The van der Waals surface area contributed by atoms with E-state index in [1.54, 1.807) is 17.5 Å². The summed E-state index contributed by atoms with van der Waals surface area (Å²) in [5.74, 6) is -0.0641. The molecule has 1 amide bonds. The van der Waals surface area contributed by atoms with E-state index in [1.807, 2.05) is 31.3 Å². The average molecular weight is 296 g/mol. The van der Waals surface area contributed by atoms with Crippen molar-refractivity contribution in [3.63, 3.8) is 0 Å². The number of thiophene rings is 1. The van der Waals surface area contributed by atoms with Gasteiger partial charge in [0.1, 0.15) is 0 Å². The van der Waals surface area contributed by atoms with Crippen LogP contribution in [0.15, 0.2) is 48.1 Å². The third kappa shape index (κ3) is 2.81. The minimum Gasteiger partial charge on any atom is -0.352 e. The van der Waals surface area contributed by atoms with E-state index in [2.05, 4.69) is 27.8 Å². The zero-order valence-corrected chi connectivity index (χ0v) is 12.6. The molecular formula is C17H16N2OS. The SMILES string of the molecule is CCCNC(=O)c1cncc(-c2csc3ccccc23)c1. The number of carbonyl (C=O) groups excluding carboxylic acids is 1. The fraction of sp³-hybridized carbons (Fsp3) is 0.176. The molecule has 4 heteroatoms. The Kier molecular flexibility index (Phi) is 3.97. The highest BCUT2D eigenvalue weighted by Gasteiger charge is 2.10. The Labute approximate surface area is 127 Å². The van der Waals surface area contributed by atoms with Gasteiger partial charge >= 0.3 is 0 Å². The van der Waals surface area contributed by atoms with Crippen molar-refractivity contribution in [2.24, 2.45) is 0 Å². The number of nitrogens with zero attached hydrogens (tertiary/aromatic N) is 1. The fourth-order valence-electron chi connectivity index (χ4n) is 2.25. The summed E-state index contributed by atoms with van der Waals surface area (Å²) in [6.07, 6.45) is 4.35. The van der Waals surface area contributed by atoms with Crippen molar-refractivity contribution >= 4 is 27.3 Å². The van der Waals surface area contributed by atoms with Crippen molar-refractivity contribution in [3.8, 4) is 11.1 Å². The zero-order valence-electron chi connectivity index (χ0n) is 11.8. The second-order valence-electron chi connectivity index (χ2n) is 4.86. The van der Waals surface area contributed by atoms with E-state index in [-0.39, 0.29) is 5.91 Å². The molecule has 0 atom stereocenters. The van der Waals surface area contributed by atoms with Gasteiger partial charge in [0, 0.05) is 40.2 Å². The monoisotopic (exact) mass is 296 g/mol. The first-order chi connectivity index (χ1) is 10.3. The maximum Gasteiger partial charge on any atom is 0.252 e. The van der Waals surface area contributed by atoms with Gasteiger partial charge in [0.2, 0.25) is 0 Å². The smallest absolute Gasteiger partial charge is 0.252 e. The van der Waals surface area contributed by atoms with E-state index in [4.69, 9.17) is 0 Å². The Morgan fingerprint density at radius 3 is 3.00 bits per heavy atom. The summed E-state index contributed by atoms with van der Waals surface area (Å²) in [4.78, 5) is 16.3. The van der Waals surface area contributed by atoms with Gasteiger partial charge in [-0.1, -0.05) is 25.1 Å². The van der Waals surface area contributed by atoms with Crippen molar-refractivity contribution in [1.82, 2.24) is 10.3 Å². The summed E-state index contributed by atoms with van der Waals surface area (Å²) < 4.78 is 1.24. The minimum atomic E-state index is -0.0641. The van der Waals surface area contributed by atoms with Crippen LogP contribution in [0.25, 0.3) is 21.2 Å². The second kappa shape index (κ2) is 6.06. The van der Waals surface area contributed by atoms with Crippen LogP contribution in [0.5, 0.6) is 0 Å². The van der Waals surface area contributed by atoms with Crippen LogP contribution >= 0.6 is 11.3 Å². The molecule has 0 saturated heterocycles. The van der Waals surface area contributed by atoms with Crippen LogP contribution in [0.1, 0.15) is 23.7 Å². The van der Waals surface area contributed by atoms with Crippen molar-refractivity contribution in [2.75, 3.05) is 6.54 Å². The van der Waals surface area contributed by atoms with Crippen LogP contribution in [0.3, 0.4) is 0 Å². The van der Waals surface area contributed by atoms with Crippen molar-refractivity contribution < 1.29 is 4.79 Å². The molecule has 1 aromatic carbocycles. The van der Waals surface area contributed by atoms with Gasteiger partial charge in [-0.25, -0.2) is 0 Å². The molecule has 2 heterocycles. The van der Waals surface area contributed by atoms with E-state index in [0.717, 1.165) is 17.5 Å². The van der Waals surface area contributed by atoms with E-state index < -0.39 is 0 Å². The quantitative estimate of drug-likeness (QED) is 0.787. The molecular weight excluding hydrogens is 280 g/mol. The highest BCUT2D eigenvalue weighted by Crippen LogP contribution is 2.33. The van der Waals surface area contributed by atoms with Crippen molar-refractivity contribution in [2.45, 2.75) is 13.3 Å². The summed E-state index contributed by atoms with van der Waals surface area (Å²) in [6.45, 7) is 2.72. The number of pyridine rings is 1. The molecule has 3 aromatic rings. The summed E-state index contributed by atoms with van der Waals surface area (Å²) >= 11 is 1.71. The van der Waals surface area contributed by atoms with Crippen molar-refractivity contribution in [1.29, 1.82) is 0 Å². The molecule has 3 rings (SSSR count). The molecule has 0 aliphatic rings. The first-order valence-corrected chi connectivity index (χ1v) is 7.87. The maximum absolute atomic E-state index is 12.0. The highest BCUT2D eigenvalue weighted by atomic mass is 32.1. The lowest BCUT2D eigenvalue weighted by Gasteiger charge is -2.05. The molecule has 0 aliphatic heterocycles. The number of fused-ring (bicyclic) bond motifs is 1. The topological polar surface area (TPSA) is 42.0 Å². The molecule has 1 N–H and O–H groups in total. The Morgan fingerprint density at radius 2 is 2.14 bits per heavy atom. The molecule has 0 radical (unpaired) electrons. The third-order valence-corrected chi connectivity index (χ3v) is 4.29. The van der Waals surface area contributed by atoms with Crippen LogP contribution in [0.4, 0.5) is 0 Å². The average Bonchev–Trinajstić information content (AvgIpc) is 2.97. The predicted octanol–water partition coefficient (Wildman–Crippen LogP) is 4.10. The lowest BCUT2D eigenvalue weighted by Crippen LogP contribution is -2.24. The Morgan fingerprint density at radius 1 is 1.29 bits per heavy atom. The Bertz CT molecular complexity index is 779. The summed E-state index contributed by atoms with van der Waals surface area (Å²) in [7, 11) is 0. The highest BCUT2D eigenvalue weighted by molar-refractivity contribution is 7.17. The number of carbonyl (C=O) groups is 1. The zero-order chi connectivity index (χ0) is 14.7. The van der Waals surface area contributed by atoms with E-state index >= 15 is 0 Å². The molecule has 2 aromatic heterocycles. The molecule has 0 aliphatic carbocycles. The predicted molar refractivity (Wildman–Crippen MR) is 87.7 cm³/mol. The van der Waals surface area contributed by atoms with Crippen molar-refractivity contribution in [3.05, 3.63) is 53.7 Å². The van der Waals surface area contributed by atoms with E-state index in [9.17, 15) is 4.79 Å². The molecule has 0 spiro atoms. The molecule has 0 unspecified atom stereocenters. The summed E-state index contributed by atoms with van der Waals surface area (Å²) in [5.41, 5.74) is 2.72. The van der Waals surface area contributed by atoms with Crippen LogP contribution in [0, 0.1) is 0 Å². The number of aromatic nitrogens is 1. The Hall–Kier alpha value is -2.20. The number of amides is 1. The van der Waals surface area contributed by atoms with E-state index in [1.165, 1.54) is 10.1 Å². The van der Waals surface area contributed by atoms with Crippen LogP contribution in [-0.4, -0.2) is 17.4 Å². The van der Waals surface area contributed by atoms with Gasteiger partial charge in [-0.3, -0.25) is 9.78 Å². The summed E-state index contributed by atoms with van der Waals surface area (Å²) in [6, 6.07) is 10.2. The third-order valence-electron chi connectivity index (χ3n) is 3.33. The number of hydrogen-bond donors (Lipinski definition) is 1. The van der Waals surface area contributed by atoms with Crippen LogP contribution < -0.4 is 5.32 Å². The lowest BCUT2D eigenvalue weighted by molar-refractivity contribution is 0.0953. The van der Waals surface area contributed by atoms with Gasteiger partial charge in [0.25, 0.3) is 5.91 Å².